The van der Waals surface area contributed by atoms with E-state index in [1.807, 2.05) is 16.5 Å². The summed E-state index contributed by atoms with van der Waals surface area (Å²) in [6.45, 7) is 0. The summed E-state index contributed by atoms with van der Waals surface area (Å²) in [4.78, 5) is 6.43. The lowest BCUT2D eigenvalue weighted by Gasteiger charge is -2.03. The van der Waals surface area contributed by atoms with Gasteiger partial charge in [0.15, 0.2) is 0 Å². The Kier molecular flexibility index (Phi) is 2.45. The van der Waals surface area contributed by atoms with Crippen molar-refractivity contribution in [1.82, 2.24) is 4.90 Å². The van der Waals surface area contributed by atoms with Gasteiger partial charge in [-0.05, 0) is 5.41 Å². The number of hydrogen-bond acceptors (Lipinski definition) is 3. The number of nitrogens with zero attached hydrogens (tertiary/aromatic N) is 2. The Hall–Kier alpha value is -0.640. The summed E-state index contributed by atoms with van der Waals surface area (Å²) >= 11 is 1.73. The van der Waals surface area contributed by atoms with Crippen molar-refractivity contribution in [3.8, 4) is 0 Å². The van der Waals surface area contributed by atoms with Gasteiger partial charge in [0.2, 0.25) is 0 Å². The molecule has 0 fully saturated rings. The molecule has 0 aromatic rings. The van der Waals surface area contributed by atoms with Gasteiger partial charge in [-0.25, -0.2) is 0 Å². The molecule has 0 bridgehead atoms. The van der Waals surface area contributed by atoms with Gasteiger partial charge in [0, 0.05) is 6.20 Å². The maximum atomic E-state index is 4.49. The smallest absolute Gasteiger partial charge is 0.135 e. The van der Waals surface area contributed by atoms with Gasteiger partial charge in [-0.1, -0.05) is 5.16 Å². The van der Waals surface area contributed by atoms with Crippen LogP contribution in [0.25, 0.3) is 0 Å². The van der Waals surface area contributed by atoms with E-state index in [0.717, 1.165) is 5.88 Å². The highest BCUT2D eigenvalue weighted by molar-refractivity contribution is 8.02. The lowest BCUT2D eigenvalue weighted by Crippen LogP contribution is -2.09. The van der Waals surface area contributed by atoms with Crippen LogP contribution >= 0.6 is 11.8 Å². The molecule has 0 amide bonds. The van der Waals surface area contributed by atoms with E-state index in [4.69, 9.17) is 0 Å². The van der Waals surface area contributed by atoms with Crippen molar-refractivity contribution >= 4 is 18.1 Å². The SMILES string of the molecule is CON=CN1C=CSC1. The van der Waals surface area contributed by atoms with Crippen molar-refractivity contribution in [3.63, 3.8) is 0 Å². The molecule has 0 spiro atoms. The van der Waals surface area contributed by atoms with Gasteiger partial charge < -0.3 is 9.74 Å². The summed E-state index contributed by atoms with van der Waals surface area (Å²) in [5.74, 6) is 0.937. The van der Waals surface area contributed by atoms with Gasteiger partial charge in [0.1, 0.15) is 13.4 Å². The van der Waals surface area contributed by atoms with Crippen LogP contribution in [0.5, 0.6) is 0 Å². The molecular formula is C5H8N2OS. The highest BCUT2D eigenvalue weighted by atomic mass is 32.2. The fraction of sp³-hybridized carbons (Fsp3) is 0.400. The van der Waals surface area contributed by atoms with Crippen molar-refractivity contribution in [3.05, 3.63) is 11.6 Å². The number of thioether (sulfide) groups is 1. The highest BCUT2D eigenvalue weighted by Gasteiger charge is 1.98. The quantitative estimate of drug-likeness (QED) is 0.329. The Balaban J connectivity index is 2.27. The fourth-order valence-electron chi connectivity index (χ4n) is 0.473. The van der Waals surface area contributed by atoms with Gasteiger partial charge in [0.05, 0.1) is 5.88 Å². The van der Waals surface area contributed by atoms with Crippen LogP contribution in [0.15, 0.2) is 16.8 Å². The van der Waals surface area contributed by atoms with E-state index in [0.29, 0.717) is 0 Å². The highest BCUT2D eigenvalue weighted by Crippen LogP contribution is 2.12. The number of hydrogen-bond donors (Lipinski definition) is 0. The molecule has 0 saturated heterocycles. The molecule has 9 heavy (non-hydrogen) atoms. The van der Waals surface area contributed by atoms with Gasteiger partial charge in [-0.15, -0.1) is 11.8 Å². The van der Waals surface area contributed by atoms with Gasteiger partial charge in [-0.2, -0.15) is 0 Å². The van der Waals surface area contributed by atoms with Gasteiger partial charge >= 0.3 is 0 Å². The van der Waals surface area contributed by atoms with Crippen LogP contribution in [0, 0.1) is 0 Å². The molecule has 4 heteroatoms. The average molecular weight is 144 g/mol. The molecule has 0 N–H and O–H groups in total. The molecule has 1 aliphatic heterocycles. The van der Waals surface area contributed by atoms with Crippen LogP contribution in [0.1, 0.15) is 0 Å². The van der Waals surface area contributed by atoms with Crippen LogP contribution in [0.3, 0.4) is 0 Å². The van der Waals surface area contributed by atoms with Gasteiger partial charge in [-0.3, -0.25) is 0 Å². The summed E-state index contributed by atoms with van der Waals surface area (Å²) in [7, 11) is 1.53. The lowest BCUT2D eigenvalue weighted by atomic mass is 10.8. The summed E-state index contributed by atoms with van der Waals surface area (Å²) in [6.07, 6.45) is 3.60. The molecule has 1 rings (SSSR count). The van der Waals surface area contributed by atoms with Gasteiger partial charge in [0.25, 0.3) is 0 Å². The maximum Gasteiger partial charge on any atom is 0.135 e. The zero-order valence-corrected chi connectivity index (χ0v) is 5.97. The minimum absolute atomic E-state index is 0.937. The van der Waals surface area contributed by atoms with Crippen LogP contribution in [0.2, 0.25) is 0 Å². The largest absolute Gasteiger partial charge is 0.398 e. The summed E-state index contributed by atoms with van der Waals surface area (Å²) in [5.41, 5.74) is 0. The first-order valence-corrected chi connectivity index (χ1v) is 3.59. The molecule has 0 aromatic carbocycles. The van der Waals surface area contributed by atoms with Crippen molar-refractivity contribution < 1.29 is 4.84 Å². The summed E-state index contributed by atoms with van der Waals surface area (Å²) in [6, 6.07) is 0. The molecule has 3 nitrogen and oxygen atoms in total. The second-order valence-electron chi connectivity index (χ2n) is 1.50. The standard InChI is InChI=1S/C5H8N2OS/c1-8-6-4-7-2-3-9-5-7/h2-4H,5H2,1H3. The molecule has 0 radical (unpaired) electrons. The predicted molar refractivity (Wildman–Crippen MR) is 38.9 cm³/mol. The monoisotopic (exact) mass is 144 g/mol. The molecule has 0 unspecified atom stereocenters. The molecule has 0 aromatic heterocycles. The minimum atomic E-state index is 0.937. The Morgan fingerprint density at radius 1 is 1.89 bits per heavy atom. The van der Waals surface area contributed by atoms with E-state index >= 15 is 0 Å². The number of rotatable bonds is 2. The van der Waals surface area contributed by atoms with E-state index < -0.39 is 0 Å². The molecule has 0 aliphatic carbocycles. The molecule has 1 aliphatic rings. The van der Waals surface area contributed by atoms with E-state index in [1.165, 1.54) is 7.11 Å². The normalized spacial score (nSPS) is 17.7. The molecule has 0 saturated carbocycles. The van der Waals surface area contributed by atoms with E-state index in [-0.39, 0.29) is 0 Å². The fourth-order valence-corrected chi connectivity index (χ4v) is 1.13. The zero-order chi connectivity index (χ0) is 6.53. The topological polar surface area (TPSA) is 24.8 Å². The van der Waals surface area contributed by atoms with Crippen LogP contribution in [-0.4, -0.2) is 24.2 Å². The Morgan fingerprint density at radius 2 is 2.78 bits per heavy atom. The van der Waals surface area contributed by atoms with Crippen molar-refractivity contribution in [1.29, 1.82) is 0 Å². The Labute approximate surface area is 58.3 Å². The van der Waals surface area contributed by atoms with Crippen molar-refractivity contribution in [2.75, 3.05) is 13.0 Å². The third-order valence-corrected chi connectivity index (χ3v) is 1.63. The Bertz CT molecular complexity index is 135. The molecule has 0 atom stereocenters. The van der Waals surface area contributed by atoms with Crippen molar-refractivity contribution in [2.45, 2.75) is 0 Å². The Morgan fingerprint density at radius 3 is 3.33 bits per heavy atom. The predicted octanol–water partition coefficient (Wildman–Crippen LogP) is 1.05. The first kappa shape index (κ1) is 6.48. The zero-order valence-electron chi connectivity index (χ0n) is 5.15. The van der Waals surface area contributed by atoms with E-state index in [1.54, 1.807) is 18.1 Å². The second kappa shape index (κ2) is 3.40. The lowest BCUT2D eigenvalue weighted by molar-refractivity contribution is 0.211. The first-order valence-electron chi connectivity index (χ1n) is 2.54. The molecule has 50 valence electrons. The van der Waals surface area contributed by atoms with Crippen LogP contribution in [-0.2, 0) is 4.84 Å². The van der Waals surface area contributed by atoms with E-state index in [2.05, 4.69) is 9.99 Å². The van der Waals surface area contributed by atoms with Crippen LogP contribution < -0.4 is 0 Å². The van der Waals surface area contributed by atoms with E-state index in [9.17, 15) is 0 Å². The number of oxime groups is 1. The maximum absolute atomic E-state index is 4.49. The third-order valence-electron chi connectivity index (χ3n) is 0.873. The summed E-state index contributed by atoms with van der Waals surface area (Å²) < 4.78 is 0. The third kappa shape index (κ3) is 1.97. The first-order chi connectivity index (χ1) is 4.43. The van der Waals surface area contributed by atoms with Crippen LogP contribution in [0.4, 0.5) is 0 Å². The second-order valence-corrected chi connectivity index (χ2v) is 2.36. The molecular weight excluding hydrogens is 136 g/mol. The summed E-state index contributed by atoms with van der Waals surface area (Å²) in [5, 5.41) is 5.61. The molecule has 1 heterocycles. The average Bonchev–Trinajstić information content (AvgIpc) is 2.34. The minimum Gasteiger partial charge on any atom is -0.398 e. The van der Waals surface area contributed by atoms with Crippen molar-refractivity contribution in [2.24, 2.45) is 5.16 Å².